The molecule has 1 aromatic rings. The van der Waals surface area contributed by atoms with E-state index >= 15 is 0 Å². The van der Waals surface area contributed by atoms with Crippen molar-refractivity contribution in [3.8, 4) is 5.75 Å². The molecule has 3 aliphatic carbocycles. The van der Waals surface area contributed by atoms with Gasteiger partial charge >= 0.3 is 6.09 Å². The normalized spacial score (nSPS) is 26.2. The van der Waals surface area contributed by atoms with Gasteiger partial charge in [-0.15, -0.1) is 0 Å². The maximum atomic E-state index is 13.2. The summed E-state index contributed by atoms with van der Waals surface area (Å²) in [5, 5.41) is 5.87. The van der Waals surface area contributed by atoms with Crippen molar-refractivity contribution >= 4 is 12.0 Å². The van der Waals surface area contributed by atoms with E-state index in [0.29, 0.717) is 30.6 Å². The van der Waals surface area contributed by atoms with Crippen LogP contribution in [0.1, 0.15) is 45.6 Å². The smallest absolute Gasteiger partial charge is 0.408 e. The van der Waals surface area contributed by atoms with E-state index < -0.39 is 11.7 Å². The van der Waals surface area contributed by atoms with Crippen molar-refractivity contribution in [2.45, 2.75) is 63.6 Å². The highest BCUT2D eigenvalue weighted by Gasteiger charge is 2.69. The molecule has 0 saturated heterocycles. The molecular formula is C19H25FN2O4. The minimum Gasteiger partial charge on any atom is -0.484 e. The minimum absolute atomic E-state index is 0.126. The third-order valence-electron chi connectivity index (χ3n) is 4.70. The van der Waals surface area contributed by atoms with E-state index in [2.05, 4.69) is 10.6 Å². The Morgan fingerprint density at radius 3 is 2.35 bits per heavy atom. The molecule has 3 fully saturated rings. The first-order valence-corrected chi connectivity index (χ1v) is 8.71. The van der Waals surface area contributed by atoms with Crippen molar-refractivity contribution in [1.29, 1.82) is 0 Å². The van der Waals surface area contributed by atoms with Crippen molar-refractivity contribution in [3.05, 3.63) is 29.6 Å². The number of nitrogens with one attached hydrogen (secondary N) is 2. The molecule has 6 nitrogen and oxygen atoms in total. The van der Waals surface area contributed by atoms with Gasteiger partial charge in [-0.05, 0) is 70.7 Å². The Labute approximate surface area is 152 Å². The molecule has 2 bridgehead atoms. The molecule has 0 radical (unpaired) electrons. The van der Waals surface area contributed by atoms with Crippen LogP contribution >= 0.6 is 0 Å². The fourth-order valence-corrected chi connectivity index (χ4v) is 3.76. The Bertz CT molecular complexity index is 722. The molecule has 7 heteroatoms. The molecule has 2 amide bonds. The summed E-state index contributed by atoms with van der Waals surface area (Å²) in [6.45, 7) is 6.97. The first-order chi connectivity index (χ1) is 12.0. The molecule has 0 spiro atoms. The lowest BCUT2D eigenvalue weighted by molar-refractivity contribution is -0.142. The van der Waals surface area contributed by atoms with Crippen molar-refractivity contribution in [1.82, 2.24) is 10.6 Å². The zero-order chi connectivity index (χ0) is 19.2. The zero-order valence-electron chi connectivity index (χ0n) is 15.6. The van der Waals surface area contributed by atoms with E-state index in [4.69, 9.17) is 9.47 Å². The summed E-state index contributed by atoms with van der Waals surface area (Å²) in [6, 6.07) is 4.37. The van der Waals surface area contributed by atoms with Crippen LogP contribution < -0.4 is 15.4 Å². The number of carbonyl (C=O) groups is 2. The number of benzene rings is 1. The van der Waals surface area contributed by atoms with Crippen LogP contribution in [0.3, 0.4) is 0 Å². The summed E-state index contributed by atoms with van der Waals surface area (Å²) in [7, 11) is 0. The Balaban J connectivity index is 1.41. The molecule has 2 N–H and O–H groups in total. The van der Waals surface area contributed by atoms with Crippen LogP contribution in [0.15, 0.2) is 18.2 Å². The standard InChI is InChI=1S/C19H25FN2O4/c1-12-7-13(5-6-14(12)20)25-8-15(23)21-18-9-19(10-18,11-18)22-16(24)26-17(2,3)4/h5-7H,8-11H2,1-4H3,(H,21,23)(H,22,24). The van der Waals surface area contributed by atoms with Gasteiger partial charge in [0, 0.05) is 5.54 Å². The van der Waals surface area contributed by atoms with Crippen LogP contribution in [-0.4, -0.2) is 35.3 Å². The predicted octanol–water partition coefficient (Wildman–Crippen LogP) is 2.83. The van der Waals surface area contributed by atoms with Crippen molar-refractivity contribution in [2.24, 2.45) is 0 Å². The highest BCUT2D eigenvalue weighted by molar-refractivity contribution is 5.79. The number of aryl methyl sites for hydroxylation is 1. The van der Waals surface area contributed by atoms with Gasteiger partial charge in [-0.1, -0.05) is 0 Å². The SMILES string of the molecule is Cc1cc(OCC(=O)NC23CC(NC(=O)OC(C)(C)C)(C2)C3)ccc1F. The number of rotatable bonds is 5. The van der Waals surface area contributed by atoms with Crippen LogP contribution in [0.2, 0.25) is 0 Å². The van der Waals surface area contributed by atoms with Gasteiger partial charge in [0.05, 0.1) is 5.54 Å². The first-order valence-electron chi connectivity index (χ1n) is 8.71. The lowest BCUT2D eigenvalue weighted by Crippen LogP contribution is -2.84. The topological polar surface area (TPSA) is 76.7 Å². The third kappa shape index (κ3) is 3.92. The molecule has 0 heterocycles. The fraction of sp³-hybridized carbons (Fsp3) is 0.579. The number of alkyl carbamates (subject to hydrolysis) is 1. The van der Waals surface area contributed by atoms with E-state index in [9.17, 15) is 14.0 Å². The Kier molecular flexibility index (Phi) is 4.37. The van der Waals surface area contributed by atoms with Gasteiger partial charge < -0.3 is 20.1 Å². The average molecular weight is 364 g/mol. The second-order valence-corrected chi connectivity index (χ2v) is 8.47. The van der Waals surface area contributed by atoms with Gasteiger partial charge in [0.15, 0.2) is 6.61 Å². The van der Waals surface area contributed by atoms with Gasteiger partial charge in [-0.2, -0.15) is 0 Å². The number of ether oxygens (including phenoxy) is 2. The molecule has 0 aliphatic heterocycles. The summed E-state index contributed by atoms with van der Waals surface area (Å²) < 4.78 is 23.9. The van der Waals surface area contributed by atoms with E-state index in [1.165, 1.54) is 12.1 Å². The molecule has 3 saturated carbocycles. The number of halogens is 1. The van der Waals surface area contributed by atoms with Crippen LogP contribution in [-0.2, 0) is 9.53 Å². The largest absolute Gasteiger partial charge is 0.484 e. The van der Waals surface area contributed by atoms with E-state index in [1.54, 1.807) is 13.0 Å². The van der Waals surface area contributed by atoms with Crippen LogP contribution in [0, 0.1) is 12.7 Å². The lowest BCUT2D eigenvalue weighted by atomic mass is 9.44. The van der Waals surface area contributed by atoms with Crippen LogP contribution in [0.25, 0.3) is 0 Å². The maximum absolute atomic E-state index is 13.2. The molecule has 0 aromatic heterocycles. The molecule has 1 aromatic carbocycles. The average Bonchev–Trinajstić information content (AvgIpc) is 2.43. The zero-order valence-corrected chi connectivity index (χ0v) is 15.6. The van der Waals surface area contributed by atoms with E-state index in [-0.39, 0.29) is 29.4 Å². The molecular weight excluding hydrogens is 339 g/mol. The minimum atomic E-state index is -0.532. The quantitative estimate of drug-likeness (QED) is 0.842. The van der Waals surface area contributed by atoms with Gasteiger partial charge in [0.25, 0.3) is 5.91 Å². The lowest BCUT2D eigenvalue weighted by Gasteiger charge is -2.70. The Hall–Kier alpha value is -2.31. The number of carbonyl (C=O) groups excluding carboxylic acids is 2. The van der Waals surface area contributed by atoms with Crippen LogP contribution in [0.5, 0.6) is 5.75 Å². The summed E-state index contributed by atoms with van der Waals surface area (Å²) in [4.78, 5) is 24.0. The van der Waals surface area contributed by atoms with E-state index in [0.717, 1.165) is 0 Å². The molecule has 0 unspecified atom stereocenters. The highest BCUT2D eigenvalue weighted by atomic mass is 19.1. The predicted molar refractivity (Wildman–Crippen MR) is 93.5 cm³/mol. The van der Waals surface area contributed by atoms with Gasteiger partial charge in [-0.25, -0.2) is 9.18 Å². The fourth-order valence-electron chi connectivity index (χ4n) is 3.76. The molecule has 4 rings (SSSR count). The Morgan fingerprint density at radius 1 is 1.15 bits per heavy atom. The maximum Gasteiger partial charge on any atom is 0.408 e. The monoisotopic (exact) mass is 364 g/mol. The summed E-state index contributed by atoms with van der Waals surface area (Å²) >= 11 is 0. The number of amides is 2. The Morgan fingerprint density at radius 2 is 1.77 bits per heavy atom. The summed E-state index contributed by atoms with van der Waals surface area (Å²) in [6.07, 6.45) is 1.66. The summed E-state index contributed by atoms with van der Waals surface area (Å²) in [5.41, 5.74) is -0.577. The van der Waals surface area contributed by atoms with Gasteiger partial charge in [0.2, 0.25) is 0 Å². The third-order valence-corrected chi connectivity index (χ3v) is 4.70. The van der Waals surface area contributed by atoms with E-state index in [1.807, 2.05) is 20.8 Å². The highest BCUT2D eigenvalue weighted by Crippen LogP contribution is 2.60. The molecule has 142 valence electrons. The van der Waals surface area contributed by atoms with Crippen LogP contribution in [0.4, 0.5) is 9.18 Å². The second kappa shape index (κ2) is 6.14. The number of hydrogen-bond acceptors (Lipinski definition) is 4. The van der Waals surface area contributed by atoms with Gasteiger partial charge in [0.1, 0.15) is 17.2 Å². The van der Waals surface area contributed by atoms with Crippen molar-refractivity contribution in [2.75, 3.05) is 6.61 Å². The molecule has 0 atom stereocenters. The molecule has 26 heavy (non-hydrogen) atoms. The van der Waals surface area contributed by atoms with Gasteiger partial charge in [-0.3, -0.25) is 4.79 Å². The van der Waals surface area contributed by atoms with Crippen molar-refractivity contribution in [3.63, 3.8) is 0 Å². The second-order valence-electron chi connectivity index (χ2n) is 8.47. The summed E-state index contributed by atoms with van der Waals surface area (Å²) in [5.74, 6) is -0.0734. The number of hydrogen-bond donors (Lipinski definition) is 2. The van der Waals surface area contributed by atoms with Crippen molar-refractivity contribution < 1.29 is 23.5 Å². The first kappa shape index (κ1) is 18.5. The molecule has 3 aliphatic rings.